The van der Waals surface area contributed by atoms with Gasteiger partial charge in [-0.2, -0.15) is 5.10 Å². The average molecular weight is 400 g/mol. The van der Waals surface area contributed by atoms with E-state index in [1.165, 1.54) is 19.5 Å². The van der Waals surface area contributed by atoms with Crippen LogP contribution >= 0.6 is 0 Å². The fourth-order valence-electron chi connectivity index (χ4n) is 3.74. The summed E-state index contributed by atoms with van der Waals surface area (Å²) in [5.41, 5.74) is 8.78. The lowest BCUT2D eigenvalue weighted by atomic mass is 10.0. The maximum absolute atomic E-state index is 13.7. The van der Waals surface area contributed by atoms with Crippen LogP contribution in [0, 0.1) is 5.82 Å². The first kappa shape index (κ1) is 19.6. The minimum absolute atomic E-state index is 0.0261. The second kappa shape index (κ2) is 8.32. The lowest BCUT2D eigenvalue weighted by molar-refractivity contribution is 0.0142. The third-order valence-corrected chi connectivity index (χ3v) is 5.34. The maximum Gasteiger partial charge on any atom is 0.165 e. The number of nitrogens with zero attached hydrogens (tertiary/aromatic N) is 4. The molecule has 0 spiro atoms. The van der Waals surface area contributed by atoms with Crippen LogP contribution in [0.3, 0.4) is 0 Å². The van der Waals surface area contributed by atoms with Gasteiger partial charge in [0.25, 0.3) is 0 Å². The van der Waals surface area contributed by atoms with Crippen LogP contribution < -0.4 is 15.8 Å². The Morgan fingerprint density at radius 3 is 2.97 bits per heavy atom. The first-order valence-corrected chi connectivity index (χ1v) is 9.51. The zero-order valence-electron chi connectivity index (χ0n) is 16.5. The molecule has 0 amide bonds. The van der Waals surface area contributed by atoms with Gasteiger partial charge in [0.1, 0.15) is 11.8 Å². The average Bonchev–Trinajstić information content (AvgIpc) is 3.14. The number of piperidine rings is 1. The van der Waals surface area contributed by atoms with Crippen molar-refractivity contribution in [2.75, 3.05) is 32.6 Å². The SMILES string of the molecule is COc1cc(Nc2ncnn3ccc(CN4CCC(N)C(OC)C4)c23)ccc1F. The summed E-state index contributed by atoms with van der Waals surface area (Å²) in [5.74, 6) is 0.405. The molecule has 0 radical (unpaired) electrons. The van der Waals surface area contributed by atoms with Crippen molar-refractivity contribution in [3.05, 3.63) is 48.2 Å². The van der Waals surface area contributed by atoms with Crippen LogP contribution in [0.4, 0.5) is 15.9 Å². The van der Waals surface area contributed by atoms with Gasteiger partial charge in [-0.1, -0.05) is 0 Å². The molecule has 2 unspecified atom stereocenters. The number of likely N-dealkylation sites (tertiary alicyclic amines) is 1. The van der Waals surface area contributed by atoms with Gasteiger partial charge in [0, 0.05) is 50.7 Å². The zero-order valence-corrected chi connectivity index (χ0v) is 16.5. The molecule has 9 heteroatoms. The molecular weight excluding hydrogens is 375 g/mol. The number of ether oxygens (including phenoxy) is 2. The zero-order chi connectivity index (χ0) is 20.4. The molecule has 1 aliphatic heterocycles. The lowest BCUT2D eigenvalue weighted by Crippen LogP contribution is -2.51. The molecule has 1 saturated heterocycles. The van der Waals surface area contributed by atoms with Gasteiger partial charge < -0.3 is 20.5 Å². The molecule has 0 bridgehead atoms. The third-order valence-electron chi connectivity index (χ3n) is 5.34. The third kappa shape index (κ3) is 4.02. The first-order chi connectivity index (χ1) is 14.1. The number of anilines is 2. The Balaban J connectivity index is 1.60. The molecule has 29 heavy (non-hydrogen) atoms. The van der Waals surface area contributed by atoms with Crippen LogP contribution in [0.5, 0.6) is 5.75 Å². The van der Waals surface area contributed by atoms with Crippen LogP contribution in [0.1, 0.15) is 12.0 Å². The highest BCUT2D eigenvalue weighted by atomic mass is 19.1. The number of nitrogens with one attached hydrogen (secondary N) is 1. The van der Waals surface area contributed by atoms with Gasteiger partial charge in [-0.05, 0) is 30.2 Å². The van der Waals surface area contributed by atoms with E-state index in [1.54, 1.807) is 23.8 Å². The Morgan fingerprint density at radius 1 is 1.31 bits per heavy atom. The number of aromatic nitrogens is 3. The summed E-state index contributed by atoms with van der Waals surface area (Å²) >= 11 is 0. The Kier molecular flexibility index (Phi) is 5.61. The highest BCUT2D eigenvalue weighted by molar-refractivity contribution is 5.76. The summed E-state index contributed by atoms with van der Waals surface area (Å²) in [4.78, 5) is 6.73. The van der Waals surface area contributed by atoms with Crippen molar-refractivity contribution < 1.29 is 13.9 Å². The molecule has 8 nitrogen and oxygen atoms in total. The largest absolute Gasteiger partial charge is 0.494 e. The Bertz CT molecular complexity index is 994. The van der Waals surface area contributed by atoms with Crippen LogP contribution in [-0.4, -0.2) is 59.0 Å². The van der Waals surface area contributed by atoms with E-state index in [1.807, 2.05) is 12.3 Å². The lowest BCUT2D eigenvalue weighted by Gasteiger charge is -2.35. The number of hydrogen-bond acceptors (Lipinski definition) is 7. The second-order valence-corrected chi connectivity index (χ2v) is 7.18. The smallest absolute Gasteiger partial charge is 0.165 e. The number of rotatable bonds is 6. The van der Waals surface area contributed by atoms with Crippen molar-refractivity contribution in [2.45, 2.75) is 25.1 Å². The van der Waals surface area contributed by atoms with E-state index >= 15 is 0 Å². The monoisotopic (exact) mass is 400 g/mol. The van der Waals surface area contributed by atoms with Gasteiger partial charge in [-0.15, -0.1) is 0 Å². The summed E-state index contributed by atoms with van der Waals surface area (Å²) in [6, 6.07) is 6.72. The van der Waals surface area contributed by atoms with E-state index in [9.17, 15) is 4.39 Å². The van der Waals surface area contributed by atoms with Crippen molar-refractivity contribution >= 4 is 17.0 Å². The number of methoxy groups -OCH3 is 2. The van der Waals surface area contributed by atoms with E-state index in [2.05, 4.69) is 20.3 Å². The van der Waals surface area contributed by atoms with Crippen molar-refractivity contribution in [2.24, 2.45) is 5.73 Å². The quantitative estimate of drug-likeness (QED) is 0.655. The number of fused-ring (bicyclic) bond motifs is 1. The second-order valence-electron chi connectivity index (χ2n) is 7.18. The Labute approximate surface area is 168 Å². The summed E-state index contributed by atoms with van der Waals surface area (Å²) in [7, 11) is 3.14. The molecule has 4 rings (SSSR count). The Morgan fingerprint density at radius 2 is 2.17 bits per heavy atom. The van der Waals surface area contributed by atoms with Crippen LogP contribution in [0.15, 0.2) is 36.8 Å². The van der Waals surface area contributed by atoms with Crippen molar-refractivity contribution in [1.82, 2.24) is 19.5 Å². The molecule has 1 aromatic carbocycles. The predicted molar refractivity (Wildman–Crippen MR) is 108 cm³/mol. The number of nitrogens with two attached hydrogens (primary N) is 1. The van der Waals surface area contributed by atoms with E-state index in [4.69, 9.17) is 15.2 Å². The molecular formula is C20H25FN6O2. The molecule has 0 aliphatic carbocycles. The minimum atomic E-state index is -0.412. The highest BCUT2D eigenvalue weighted by Gasteiger charge is 2.27. The topological polar surface area (TPSA) is 89.9 Å². The highest BCUT2D eigenvalue weighted by Crippen LogP contribution is 2.28. The maximum atomic E-state index is 13.7. The van der Waals surface area contributed by atoms with Gasteiger partial charge in [-0.3, -0.25) is 4.90 Å². The number of benzene rings is 1. The number of hydrogen-bond donors (Lipinski definition) is 2. The molecule has 3 heterocycles. The number of halogens is 1. The van der Waals surface area contributed by atoms with Crippen LogP contribution in [-0.2, 0) is 11.3 Å². The summed E-state index contributed by atoms with van der Waals surface area (Å²) in [6.45, 7) is 2.42. The van der Waals surface area contributed by atoms with Crippen LogP contribution in [0.2, 0.25) is 0 Å². The molecule has 2 aromatic heterocycles. The fraction of sp³-hybridized carbons (Fsp3) is 0.400. The molecule has 3 N–H and O–H groups in total. The molecule has 2 atom stereocenters. The summed E-state index contributed by atoms with van der Waals surface area (Å²) < 4.78 is 26.1. The van der Waals surface area contributed by atoms with Crippen molar-refractivity contribution in [1.29, 1.82) is 0 Å². The summed E-state index contributed by atoms with van der Waals surface area (Å²) in [6.07, 6.45) is 4.31. The normalized spacial score (nSPS) is 20.1. The van der Waals surface area contributed by atoms with Crippen molar-refractivity contribution in [3.63, 3.8) is 0 Å². The molecule has 1 fully saturated rings. The van der Waals surface area contributed by atoms with Crippen molar-refractivity contribution in [3.8, 4) is 5.75 Å². The molecule has 1 aliphatic rings. The molecule has 3 aromatic rings. The standard InChI is InChI=1S/C20H25FN6O2/c1-28-17-9-14(3-4-15(17)21)25-20-19-13(5-8-27(19)24-12-23-20)10-26-7-6-16(22)18(11-26)29-2/h3-5,8-9,12,16,18H,6-7,10-11,22H2,1-2H3,(H,23,24,25). The van der Waals surface area contributed by atoms with Gasteiger partial charge >= 0.3 is 0 Å². The van der Waals surface area contributed by atoms with Crippen LogP contribution in [0.25, 0.3) is 5.52 Å². The van der Waals surface area contributed by atoms with E-state index in [-0.39, 0.29) is 17.9 Å². The molecule has 154 valence electrons. The van der Waals surface area contributed by atoms with Gasteiger partial charge in [0.15, 0.2) is 17.4 Å². The van der Waals surface area contributed by atoms with Gasteiger partial charge in [-0.25, -0.2) is 13.9 Å². The summed E-state index contributed by atoms with van der Waals surface area (Å²) in [5, 5.41) is 7.56. The fourth-order valence-corrected chi connectivity index (χ4v) is 3.74. The van der Waals surface area contributed by atoms with Gasteiger partial charge in [0.2, 0.25) is 0 Å². The predicted octanol–water partition coefficient (Wildman–Crippen LogP) is 2.17. The molecule has 0 saturated carbocycles. The first-order valence-electron chi connectivity index (χ1n) is 9.51. The minimum Gasteiger partial charge on any atom is -0.494 e. The van der Waals surface area contributed by atoms with E-state index in [0.717, 1.165) is 37.1 Å². The van der Waals surface area contributed by atoms with E-state index < -0.39 is 5.82 Å². The van der Waals surface area contributed by atoms with Gasteiger partial charge in [0.05, 0.1) is 13.2 Å². The Hall–Kier alpha value is -2.75. The van der Waals surface area contributed by atoms with E-state index in [0.29, 0.717) is 11.5 Å².